The number of hydrogen-bond acceptors (Lipinski definition) is 6. The average molecular weight is 420 g/mol. The predicted molar refractivity (Wildman–Crippen MR) is 112 cm³/mol. The summed E-state index contributed by atoms with van der Waals surface area (Å²) in [6.45, 7) is 0. The molecule has 4 heterocycles. The van der Waals surface area contributed by atoms with Crippen LogP contribution in [0.15, 0.2) is 55.1 Å². The maximum atomic E-state index is 12.2. The molecule has 0 saturated carbocycles. The van der Waals surface area contributed by atoms with Crippen LogP contribution in [0, 0.1) is 0 Å². The normalized spacial score (nSPS) is 11.1. The van der Waals surface area contributed by atoms with E-state index in [0.29, 0.717) is 33.3 Å². The zero-order chi connectivity index (χ0) is 20.7. The molecule has 0 unspecified atom stereocenters. The van der Waals surface area contributed by atoms with Gasteiger partial charge in [0, 0.05) is 29.9 Å². The van der Waals surface area contributed by atoms with Crippen molar-refractivity contribution in [2.45, 2.75) is 0 Å². The van der Waals surface area contributed by atoms with E-state index in [0.717, 1.165) is 10.9 Å². The lowest BCUT2D eigenvalue weighted by atomic mass is 10.2. The second kappa shape index (κ2) is 7.12. The van der Waals surface area contributed by atoms with Crippen molar-refractivity contribution < 1.29 is 9.53 Å². The molecule has 9 nitrogen and oxygen atoms in total. The molecule has 5 rings (SSSR count). The molecule has 0 aliphatic heterocycles. The Morgan fingerprint density at radius 3 is 3.00 bits per heavy atom. The first-order chi connectivity index (χ1) is 14.6. The summed E-state index contributed by atoms with van der Waals surface area (Å²) in [5.74, 6) is 0.254. The Kier molecular flexibility index (Phi) is 4.29. The van der Waals surface area contributed by atoms with Gasteiger partial charge in [-0.25, -0.2) is 14.8 Å². The Morgan fingerprint density at radius 1 is 1.27 bits per heavy atom. The van der Waals surface area contributed by atoms with Gasteiger partial charge in [-0.3, -0.25) is 15.0 Å². The maximum absolute atomic E-state index is 12.2. The number of benzene rings is 1. The van der Waals surface area contributed by atoms with Gasteiger partial charge in [0.1, 0.15) is 11.4 Å². The molecule has 0 spiro atoms. The summed E-state index contributed by atoms with van der Waals surface area (Å²) in [6, 6.07) is 8.95. The van der Waals surface area contributed by atoms with E-state index in [1.165, 1.54) is 12.4 Å². The van der Waals surface area contributed by atoms with Crippen LogP contribution >= 0.6 is 11.6 Å². The fourth-order valence-electron chi connectivity index (χ4n) is 3.16. The number of rotatable bonds is 3. The number of pyridine rings is 1. The summed E-state index contributed by atoms with van der Waals surface area (Å²) in [7, 11) is 1.84. The molecular weight excluding hydrogens is 406 g/mol. The molecule has 0 aliphatic carbocycles. The van der Waals surface area contributed by atoms with E-state index < -0.39 is 6.09 Å². The maximum Gasteiger partial charge on any atom is 0.417 e. The number of fused-ring (bicyclic) bond motifs is 2. The van der Waals surface area contributed by atoms with E-state index in [1.54, 1.807) is 35.3 Å². The highest BCUT2D eigenvalue weighted by molar-refractivity contribution is 6.31. The molecule has 0 aliphatic rings. The highest BCUT2D eigenvalue weighted by Crippen LogP contribution is 2.30. The highest BCUT2D eigenvalue weighted by Gasteiger charge is 2.17. The molecule has 4 aromatic heterocycles. The fraction of sp³-hybridized carbons (Fsp3) is 0.0500. The van der Waals surface area contributed by atoms with E-state index in [1.807, 2.05) is 19.2 Å². The van der Waals surface area contributed by atoms with Crippen molar-refractivity contribution >= 4 is 45.4 Å². The number of hydrogen-bond donors (Lipinski definition) is 2. The van der Waals surface area contributed by atoms with Gasteiger partial charge in [0.15, 0.2) is 16.9 Å². The monoisotopic (exact) mass is 419 g/mol. The summed E-state index contributed by atoms with van der Waals surface area (Å²) >= 11 is 6.11. The van der Waals surface area contributed by atoms with Gasteiger partial charge in [0.05, 0.1) is 23.6 Å². The molecule has 0 radical (unpaired) electrons. The lowest BCUT2D eigenvalue weighted by Crippen LogP contribution is -2.16. The first-order valence-electron chi connectivity index (χ1n) is 8.94. The number of amides is 1. The van der Waals surface area contributed by atoms with Crippen molar-refractivity contribution in [3.8, 4) is 17.1 Å². The molecule has 10 heteroatoms. The number of H-pyrrole nitrogens is 1. The number of halogens is 1. The number of ether oxygens (including phenoxy) is 1. The lowest BCUT2D eigenvalue weighted by molar-refractivity contribution is 0.215. The highest BCUT2D eigenvalue weighted by atomic mass is 35.5. The molecule has 30 heavy (non-hydrogen) atoms. The summed E-state index contributed by atoms with van der Waals surface area (Å²) in [5.41, 5.74) is 3.51. The number of aryl methyl sites for hydroxylation is 1. The van der Waals surface area contributed by atoms with Crippen LogP contribution in [0.2, 0.25) is 5.02 Å². The second-order valence-electron chi connectivity index (χ2n) is 6.50. The van der Waals surface area contributed by atoms with Gasteiger partial charge >= 0.3 is 6.09 Å². The van der Waals surface area contributed by atoms with E-state index in [-0.39, 0.29) is 5.75 Å². The molecule has 2 N–H and O–H groups in total. The third kappa shape index (κ3) is 3.20. The number of carbonyl (C=O) groups is 1. The fourth-order valence-corrected chi connectivity index (χ4v) is 3.33. The lowest BCUT2D eigenvalue weighted by Gasteiger charge is -2.05. The van der Waals surface area contributed by atoms with Crippen molar-refractivity contribution in [3.63, 3.8) is 0 Å². The van der Waals surface area contributed by atoms with Crippen molar-refractivity contribution in [1.82, 2.24) is 29.7 Å². The van der Waals surface area contributed by atoms with Crippen LogP contribution in [0.5, 0.6) is 5.75 Å². The molecule has 5 aromatic rings. The van der Waals surface area contributed by atoms with Gasteiger partial charge in [-0.1, -0.05) is 11.6 Å². The van der Waals surface area contributed by atoms with Crippen LogP contribution in [0.1, 0.15) is 0 Å². The van der Waals surface area contributed by atoms with Crippen molar-refractivity contribution in [1.29, 1.82) is 0 Å². The summed E-state index contributed by atoms with van der Waals surface area (Å²) in [5, 5.41) is 8.68. The first kappa shape index (κ1) is 18.1. The summed E-state index contributed by atoms with van der Waals surface area (Å²) in [4.78, 5) is 28.2. The Hall–Kier alpha value is -3.98. The van der Waals surface area contributed by atoms with Crippen LogP contribution in [-0.4, -0.2) is 35.8 Å². The minimum atomic E-state index is -0.658. The second-order valence-corrected chi connectivity index (χ2v) is 6.93. The van der Waals surface area contributed by atoms with Crippen molar-refractivity contribution in [3.05, 3.63) is 60.1 Å². The quantitative estimate of drug-likeness (QED) is 0.454. The van der Waals surface area contributed by atoms with Gasteiger partial charge in [0.25, 0.3) is 0 Å². The van der Waals surface area contributed by atoms with Crippen LogP contribution in [-0.2, 0) is 7.05 Å². The molecule has 148 valence electrons. The number of carbonyl (C=O) groups excluding carboxylic acids is 1. The molecule has 0 saturated heterocycles. The van der Waals surface area contributed by atoms with E-state index in [2.05, 4.69) is 30.4 Å². The van der Waals surface area contributed by atoms with Gasteiger partial charge in [-0.15, -0.1) is 0 Å². The Bertz CT molecular complexity index is 1390. The number of nitrogens with zero attached hydrogens (tertiary/aromatic N) is 5. The number of nitrogens with one attached hydrogen (secondary N) is 2. The SMILES string of the molecule is Cn1nc(-c2cnc3[nH]cc(OC(=O)Nc4cccnc4)c3n2)c2ccc(Cl)cc21. The van der Waals surface area contributed by atoms with E-state index >= 15 is 0 Å². The van der Waals surface area contributed by atoms with Gasteiger partial charge < -0.3 is 9.72 Å². The Morgan fingerprint density at radius 2 is 2.17 bits per heavy atom. The smallest absolute Gasteiger partial charge is 0.406 e. The standard InChI is InChI=1S/C20H14ClN7O2/c1-28-15-7-11(21)4-5-13(15)17(27-28)14-9-23-19-18(26-14)16(10-24-19)30-20(29)25-12-3-2-6-22-8-12/h2-10H,1H3,(H,23,24)(H,25,29). The van der Waals surface area contributed by atoms with Gasteiger partial charge in [-0.05, 0) is 30.3 Å². The summed E-state index contributed by atoms with van der Waals surface area (Å²) < 4.78 is 7.15. The van der Waals surface area contributed by atoms with E-state index in [4.69, 9.17) is 16.3 Å². The largest absolute Gasteiger partial charge is 0.417 e. The van der Waals surface area contributed by atoms with Crippen LogP contribution in [0.4, 0.5) is 10.5 Å². The third-order valence-electron chi connectivity index (χ3n) is 4.51. The number of aromatic nitrogens is 6. The molecule has 0 bridgehead atoms. The summed E-state index contributed by atoms with van der Waals surface area (Å²) in [6.07, 6.45) is 5.63. The third-order valence-corrected chi connectivity index (χ3v) is 4.75. The number of anilines is 1. The zero-order valence-corrected chi connectivity index (χ0v) is 16.4. The predicted octanol–water partition coefficient (Wildman–Crippen LogP) is 4.17. The molecular formula is C20H14ClN7O2. The topological polar surface area (TPSA) is 111 Å². The van der Waals surface area contributed by atoms with Crippen LogP contribution in [0.3, 0.4) is 0 Å². The van der Waals surface area contributed by atoms with Crippen LogP contribution < -0.4 is 10.1 Å². The van der Waals surface area contributed by atoms with Gasteiger partial charge in [0.2, 0.25) is 0 Å². The van der Waals surface area contributed by atoms with Crippen molar-refractivity contribution in [2.24, 2.45) is 7.05 Å². The zero-order valence-electron chi connectivity index (χ0n) is 15.6. The van der Waals surface area contributed by atoms with Crippen molar-refractivity contribution in [2.75, 3.05) is 5.32 Å². The van der Waals surface area contributed by atoms with Gasteiger partial charge in [-0.2, -0.15) is 5.10 Å². The molecule has 1 aromatic carbocycles. The minimum absolute atomic E-state index is 0.254. The Labute approximate surface area is 174 Å². The molecule has 1 amide bonds. The average Bonchev–Trinajstić information content (AvgIpc) is 3.29. The molecule has 0 atom stereocenters. The number of aromatic amines is 1. The van der Waals surface area contributed by atoms with E-state index in [9.17, 15) is 4.79 Å². The van der Waals surface area contributed by atoms with Crippen LogP contribution in [0.25, 0.3) is 33.5 Å². The molecule has 0 fully saturated rings. The first-order valence-corrected chi connectivity index (χ1v) is 9.32. The Balaban J connectivity index is 1.50. The minimum Gasteiger partial charge on any atom is -0.406 e.